The molecule has 2 aromatic rings. The van der Waals surface area contributed by atoms with E-state index in [0.717, 1.165) is 12.0 Å². The second kappa shape index (κ2) is 7.79. The first-order valence-corrected chi connectivity index (χ1v) is 7.83. The molecule has 0 aliphatic rings. The van der Waals surface area contributed by atoms with Crippen LogP contribution in [-0.4, -0.2) is 29.1 Å². The van der Waals surface area contributed by atoms with Crippen molar-refractivity contribution in [2.75, 3.05) is 11.9 Å². The van der Waals surface area contributed by atoms with E-state index in [1.165, 1.54) is 6.26 Å². The monoisotopic (exact) mass is 330 g/mol. The number of rotatable bonds is 6. The highest BCUT2D eigenvalue weighted by Crippen LogP contribution is 2.15. The maximum atomic E-state index is 12.0. The summed E-state index contributed by atoms with van der Waals surface area (Å²) in [6.07, 6.45) is 2.50. The van der Waals surface area contributed by atoms with Gasteiger partial charge in [0.25, 0.3) is 0 Å². The molecule has 6 nitrogen and oxygen atoms in total. The number of amides is 2. The predicted octanol–water partition coefficient (Wildman–Crippen LogP) is 1.89. The molecule has 1 aromatic carbocycles. The van der Waals surface area contributed by atoms with Gasteiger partial charge in [0.1, 0.15) is 5.76 Å². The number of anilines is 1. The molecule has 2 amide bonds. The van der Waals surface area contributed by atoms with E-state index in [2.05, 4.69) is 10.6 Å². The van der Waals surface area contributed by atoms with Crippen LogP contribution in [0.15, 0.2) is 47.1 Å². The summed E-state index contributed by atoms with van der Waals surface area (Å²) in [4.78, 5) is 23.9. The van der Waals surface area contributed by atoms with Crippen LogP contribution in [0.3, 0.4) is 0 Å². The third-order valence-corrected chi connectivity index (χ3v) is 3.62. The number of hydrogen-bond acceptors (Lipinski definition) is 4. The van der Waals surface area contributed by atoms with E-state index in [0.29, 0.717) is 11.4 Å². The third-order valence-electron chi connectivity index (χ3n) is 3.62. The van der Waals surface area contributed by atoms with Crippen molar-refractivity contribution >= 4 is 17.5 Å². The molecule has 1 heterocycles. The molecule has 1 unspecified atom stereocenters. The topological polar surface area (TPSA) is 91.6 Å². The second-order valence-corrected chi connectivity index (χ2v) is 5.90. The van der Waals surface area contributed by atoms with Gasteiger partial charge in [0.15, 0.2) is 0 Å². The van der Waals surface area contributed by atoms with E-state index in [9.17, 15) is 14.7 Å². The molecule has 0 saturated carbocycles. The van der Waals surface area contributed by atoms with Gasteiger partial charge >= 0.3 is 11.8 Å². The molecule has 0 aliphatic heterocycles. The van der Waals surface area contributed by atoms with Crippen LogP contribution in [0.4, 0.5) is 5.69 Å². The normalized spacial score (nSPS) is 13.1. The Morgan fingerprint density at radius 1 is 1.17 bits per heavy atom. The number of hydrogen-bond donors (Lipinski definition) is 3. The highest BCUT2D eigenvalue weighted by Gasteiger charge is 2.25. The number of aryl methyl sites for hydroxylation is 1. The van der Waals surface area contributed by atoms with Crippen LogP contribution in [-0.2, 0) is 22.4 Å². The van der Waals surface area contributed by atoms with Crippen LogP contribution in [0.2, 0.25) is 0 Å². The fourth-order valence-corrected chi connectivity index (χ4v) is 2.33. The first kappa shape index (κ1) is 17.7. The minimum Gasteiger partial charge on any atom is -0.469 e. The number of aliphatic hydroxyl groups is 1. The molecule has 1 atom stereocenters. The van der Waals surface area contributed by atoms with E-state index < -0.39 is 17.4 Å². The maximum Gasteiger partial charge on any atom is 0.313 e. The van der Waals surface area contributed by atoms with Crippen molar-refractivity contribution in [2.24, 2.45) is 0 Å². The van der Waals surface area contributed by atoms with Crippen molar-refractivity contribution in [3.8, 4) is 0 Å². The van der Waals surface area contributed by atoms with Crippen LogP contribution in [0.25, 0.3) is 0 Å². The standard InChI is InChI=1S/C18H22N2O4/c1-3-13-7-4-5-9-15(13)20-17(22)16(21)19-12-18(2,23)11-14-8-6-10-24-14/h4-10,23H,3,11-12H2,1-2H3,(H,19,21)(H,20,22). The molecule has 0 saturated heterocycles. The Morgan fingerprint density at radius 2 is 1.92 bits per heavy atom. The lowest BCUT2D eigenvalue weighted by atomic mass is 10.0. The van der Waals surface area contributed by atoms with Crippen molar-refractivity contribution in [2.45, 2.75) is 32.3 Å². The van der Waals surface area contributed by atoms with E-state index in [4.69, 9.17) is 4.42 Å². The molecule has 0 spiro atoms. The Bertz CT molecular complexity index is 693. The molecular formula is C18H22N2O4. The molecule has 24 heavy (non-hydrogen) atoms. The largest absolute Gasteiger partial charge is 0.469 e. The number of para-hydroxylation sites is 1. The SMILES string of the molecule is CCc1ccccc1NC(=O)C(=O)NCC(C)(O)Cc1ccco1. The van der Waals surface area contributed by atoms with Crippen LogP contribution >= 0.6 is 0 Å². The van der Waals surface area contributed by atoms with Gasteiger partial charge in [-0.25, -0.2) is 0 Å². The quantitative estimate of drug-likeness (QED) is 0.705. The lowest BCUT2D eigenvalue weighted by Crippen LogP contribution is -2.45. The molecule has 3 N–H and O–H groups in total. The van der Waals surface area contributed by atoms with Gasteiger partial charge < -0.3 is 20.2 Å². The van der Waals surface area contributed by atoms with Gasteiger partial charge in [0.05, 0.1) is 11.9 Å². The summed E-state index contributed by atoms with van der Waals surface area (Å²) >= 11 is 0. The Kier molecular flexibility index (Phi) is 5.76. The van der Waals surface area contributed by atoms with E-state index in [1.54, 1.807) is 31.2 Å². The molecule has 0 aliphatic carbocycles. The van der Waals surface area contributed by atoms with Gasteiger partial charge in [-0.3, -0.25) is 9.59 Å². The number of nitrogens with one attached hydrogen (secondary N) is 2. The summed E-state index contributed by atoms with van der Waals surface area (Å²) in [5, 5.41) is 15.3. The molecule has 0 bridgehead atoms. The van der Waals surface area contributed by atoms with Crippen LogP contribution < -0.4 is 10.6 Å². The Labute approximate surface area is 140 Å². The molecule has 2 rings (SSSR count). The minimum absolute atomic E-state index is 0.0601. The number of benzene rings is 1. The van der Waals surface area contributed by atoms with Crippen molar-refractivity contribution in [1.29, 1.82) is 0 Å². The van der Waals surface area contributed by atoms with Crippen LogP contribution in [0.1, 0.15) is 25.2 Å². The van der Waals surface area contributed by atoms with Gasteiger partial charge in [-0.15, -0.1) is 0 Å². The molecule has 1 aromatic heterocycles. The van der Waals surface area contributed by atoms with Crippen molar-refractivity contribution in [3.63, 3.8) is 0 Å². The second-order valence-electron chi connectivity index (χ2n) is 5.90. The summed E-state index contributed by atoms with van der Waals surface area (Å²) in [5.41, 5.74) is 0.348. The Morgan fingerprint density at radius 3 is 2.58 bits per heavy atom. The smallest absolute Gasteiger partial charge is 0.313 e. The number of carbonyl (C=O) groups is 2. The average Bonchev–Trinajstić information content (AvgIpc) is 3.05. The first-order valence-electron chi connectivity index (χ1n) is 7.83. The van der Waals surface area contributed by atoms with E-state index in [1.807, 2.05) is 19.1 Å². The van der Waals surface area contributed by atoms with Crippen LogP contribution in [0.5, 0.6) is 0 Å². The van der Waals surface area contributed by atoms with Gasteiger partial charge in [-0.1, -0.05) is 25.1 Å². The number of carbonyl (C=O) groups excluding carboxylic acids is 2. The van der Waals surface area contributed by atoms with Crippen molar-refractivity contribution in [3.05, 3.63) is 54.0 Å². The van der Waals surface area contributed by atoms with Gasteiger partial charge in [-0.2, -0.15) is 0 Å². The third kappa shape index (κ3) is 4.96. The summed E-state index contributed by atoms with van der Waals surface area (Å²) in [5.74, 6) is -0.944. The lowest BCUT2D eigenvalue weighted by molar-refractivity contribution is -0.136. The predicted molar refractivity (Wildman–Crippen MR) is 90.5 cm³/mol. The fraction of sp³-hybridized carbons (Fsp3) is 0.333. The Balaban J connectivity index is 1.88. The number of furan rings is 1. The summed E-state index contributed by atoms with van der Waals surface area (Å²) in [6, 6.07) is 10.8. The molecule has 0 radical (unpaired) electrons. The fourth-order valence-electron chi connectivity index (χ4n) is 2.33. The zero-order chi connectivity index (χ0) is 17.6. The summed E-state index contributed by atoms with van der Waals surface area (Å²) in [6.45, 7) is 3.48. The van der Waals surface area contributed by atoms with Gasteiger partial charge in [0, 0.05) is 18.7 Å². The highest BCUT2D eigenvalue weighted by atomic mass is 16.3. The average molecular weight is 330 g/mol. The first-order chi connectivity index (χ1) is 11.4. The van der Waals surface area contributed by atoms with E-state index >= 15 is 0 Å². The van der Waals surface area contributed by atoms with Crippen LogP contribution in [0, 0.1) is 0 Å². The summed E-state index contributed by atoms with van der Waals surface area (Å²) < 4.78 is 5.18. The molecule has 6 heteroatoms. The molecular weight excluding hydrogens is 308 g/mol. The van der Waals surface area contributed by atoms with Gasteiger partial charge in [0.2, 0.25) is 0 Å². The van der Waals surface area contributed by atoms with Crippen molar-refractivity contribution < 1.29 is 19.1 Å². The lowest BCUT2D eigenvalue weighted by Gasteiger charge is -2.22. The molecule has 0 fully saturated rings. The zero-order valence-electron chi connectivity index (χ0n) is 13.8. The van der Waals surface area contributed by atoms with Crippen molar-refractivity contribution in [1.82, 2.24) is 5.32 Å². The highest BCUT2D eigenvalue weighted by molar-refractivity contribution is 6.39. The molecule has 128 valence electrons. The van der Waals surface area contributed by atoms with Gasteiger partial charge in [-0.05, 0) is 37.1 Å². The summed E-state index contributed by atoms with van der Waals surface area (Å²) in [7, 11) is 0. The maximum absolute atomic E-state index is 12.0. The zero-order valence-corrected chi connectivity index (χ0v) is 13.8. The van der Waals surface area contributed by atoms with E-state index in [-0.39, 0.29) is 13.0 Å². The Hall–Kier alpha value is -2.60. The minimum atomic E-state index is -1.21.